The van der Waals surface area contributed by atoms with Crippen LogP contribution in [0.25, 0.3) is 0 Å². The Labute approximate surface area is 75.8 Å². The highest BCUT2D eigenvalue weighted by Crippen LogP contribution is 2.34. The summed E-state index contributed by atoms with van der Waals surface area (Å²) in [5.74, 6) is 0.871. The van der Waals surface area contributed by atoms with Crippen LogP contribution in [0.15, 0.2) is 28.7 Å². The van der Waals surface area contributed by atoms with Crippen molar-refractivity contribution in [1.82, 2.24) is 0 Å². The maximum atomic E-state index is 3.41. The van der Waals surface area contributed by atoms with Crippen molar-refractivity contribution in [2.75, 3.05) is 0 Å². The first-order chi connectivity index (χ1) is 5.34. The molecule has 57 valence electrons. The van der Waals surface area contributed by atoms with Gasteiger partial charge >= 0.3 is 0 Å². The van der Waals surface area contributed by atoms with Crippen molar-refractivity contribution in [3.05, 3.63) is 40.7 Å². The van der Waals surface area contributed by atoms with Crippen LogP contribution in [0.1, 0.15) is 18.4 Å². The first-order valence-electron chi connectivity index (χ1n) is 3.95. The van der Waals surface area contributed by atoms with Crippen LogP contribution in [0.5, 0.6) is 0 Å². The van der Waals surface area contributed by atoms with Crippen LogP contribution in [0.2, 0.25) is 0 Å². The quantitative estimate of drug-likeness (QED) is 0.701. The standard InChI is InChI=1S/C10H10Br/c11-10-5-3-9(4-6-10)7-8-1-2-8/h3-8H,1-2H2. The van der Waals surface area contributed by atoms with Crippen molar-refractivity contribution >= 4 is 15.9 Å². The number of hydrogen-bond donors (Lipinski definition) is 0. The summed E-state index contributed by atoms with van der Waals surface area (Å²) >= 11 is 3.41. The predicted molar refractivity (Wildman–Crippen MR) is 50.3 cm³/mol. The molecular formula is C10H10Br. The fraction of sp³-hybridized carbons (Fsp3) is 0.300. The van der Waals surface area contributed by atoms with Gasteiger partial charge in [-0.05, 0) is 42.9 Å². The molecule has 1 aliphatic carbocycles. The molecule has 1 saturated carbocycles. The van der Waals surface area contributed by atoms with Gasteiger partial charge in [0.05, 0.1) is 0 Å². The molecule has 0 N–H and O–H groups in total. The lowest BCUT2D eigenvalue weighted by atomic mass is 10.1. The maximum absolute atomic E-state index is 3.41. The third kappa shape index (κ3) is 2.06. The minimum Gasteiger partial charge on any atom is -0.0576 e. The average molecular weight is 210 g/mol. The van der Waals surface area contributed by atoms with Crippen molar-refractivity contribution in [2.24, 2.45) is 5.92 Å². The Hall–Kier alpha value is -0.300. The van der Waals surface area contributed by atoms with Gasteiger partial charge < -0.3 is 0 Å². The zero-order valence-corrected chi connectivity index (χ0v) is 7.84. The maximum Gasteiger partial charge on any atom is 0.0175 e. The van der Waals surface area contributed by atoms with E-state index in [-0.39, 0.29) is 0 Å². The normalized spacial score (nSPS) is 16.8. The summed E-state index contributed by atoms with van der Waals surface area (Å²) in [6.45, 7) is 0. The summed E-state index contributed by atoms with van der Waals surface area (Å²) in [7, 11) is 0. The van der Waals surface area contributed by atoms with E-state index in [4.69, 9.17) is 0 Å². The molecule has 1 radical (unpaired) electrons. The number of benzene rings is 1. The van der Waals surface area contributed by atoms with E-state index in [0.717, 1.165) is 10.4 Å². The summed E-state index contributed by atoms with van der Waals surface area (Å²) in [5.41, 5.74) is 1.36. The second-order valence-corrected chi connectivity index (χ2v) is 3.97. The van der Waals surface area contributed by atoms with E-state index >= 15 is 0 Å². The third-order valence-electron chi connectivity index (χ3n) is 1.92. The number of hydrogen-bond acceptors (Lipinski definition) is 0. The highest BCUT2D eigenvalue weighted by molar-refractivity contribution is 9.10. The van der Waals surface area contributed by atoms with Gasteiger partial charge in [0, 0.05) is 4.47 Å². The molecule has 0 spiro atoms. The van der Waals surface area contributed by atoms with Gasteiger partial charge in [0.2, 0.25) is 0 Å². The zero-order chi connectivity index (χ0) is 7.68. The SMILES string of the molecule is Brc1ccc([CH]C2CC2)cc1. The lowest BCUT2D eigenvalue weighted by molar-refractivity contribution is 1.02. The molecule has 1 fully saturated rings. The van der Waals surface area contributed by atoms with Crippen LogP contribution in [0.3, 0.4) is 0 Å². The molecule has 0 saturated heterocycles. The van der Waals surface area contributed by atoms with E-state index in [1.165, 1.54) is 18.4 Å². The Balaban J connectivity index is 2.06. The highest BCUT2D eigenvalue weighted by Gasteiger charge is 2.21. The monoisotopic (exact) mass is 209 g/mol. The number of rotatable bonds is 2. The van der Waals surface area contributed by atoms with Crippen molar-refractivity contribution in [2.45, 2.75) is 12.8 Å². The summed E-state index contributed by atoms with van der Waals surface area (Å²) in [6.07, 6.45) is 5.12. The summed E-state index contributed by atoms with van der Waals surface area (Å²) < 4.78 is 1.16. The number of halogens is 1. The van der Waals surface area contributed by atoms with E-state index < -0.39 is 0 Å². The Bertz CT molecular complexity index is 234. The molecule has 0 unspecified atom stereocenters. The Morgan fingerprint density at radius 2 is 1.82 bits per heavy atom. The van der Waals surface area contributed by atoms with Gasteiger partial charge in [-0.15, -0.1) is 0 Å². The summed E-state index contributed by atoms with van der Waals surface area (Å²) in [6, 6.07) is 8.49. The van der Waals surface area contributed by atoms with E-state index in [1.54, 1.807) is 0 Å². The molecular weight excluding hydrogens is 200 g/mol. The minimum absolute atomic E-state index is 0.871. The van der Waals surface area contributed by atoms with E-state index in [2.05, 4.69) is 46.6 Å². The van der Waals surface area contributed by atoms with Crippen LogP contribution < -0.4 is 0 Å². The molecule has 0 bridgehead atoms. The molecule has 1 aromatic carbocycles. The predicted octanol–water partition coefficient (Wildman–Crippen LogP) is 3.41. The molecule has 11 heavy (non-hydrogen) atoms. The molecule has 0 nitrogen and oxygen atoms in total. The molecule has 1 aliphatic rings. The molecule has 0 aromatic heterocycles. The van der Waals surface area contributed by atoms with E-state index in [0.29, 0.717) is 0 Å². The molecule has 1 aromatic rings. The highest BCUT2D eigenvalue weighted by atomic mass is 79.9. The lowest BCUT2D eigenvalue weighted by Crippen LogP contribution is -1.81. The van der Waals surface area contributed by atoms with E-state index in [1.807, 2.05) is 0 Å². The average Bonchev–Trinajstić information content (AvgIpc) is 2.78. The van der Waals surface area contributed by atoms with Crippen molar-refractivity contribution in [1.29, 1.82) is 0 Å². The minimum atomic E-state index is 0.871. The van der Waals surface area contributed by atoms with Crippen molar-refractivity contribution in [3.63, 3.8) is 0 Å². The zero-order valence-electron chi connectivity index (χ0n) is 6.26. The smallest absolute Gasteiger partial charge is 0.0175 e. The fourth-order valence-electron chi connectivity index (χ4n) is 1.11. The molecule has 0 atom stereocenters. The van der Waals surface area contributed by atoms with Gasteiger partial charge in [-0.1, -0.05) is 28.1 Å². The van der Waals surface area contributed by atoms with Crippen LogP contribution in [-0.4, -0.2) is 0 Å². The van der Waals surface area contributed by atoms with E-state index in [9.17, 15) is 0 Å². The lowest BCUT2D eigenvalue weighted by Gasteiger charge is -1.97. The second kappa shape index (κ2) is 2.98. The first kappa shape index (κ1) is 7.35. The van der Waals surface area contributed by atoms with Crippen LogP contribution in [0, 0.1) is 12.3 Å². The fourth-order valence-corrected chi connectivity index (χ4v) is 1.37. The Kier molecular flexibility index (Phi) is 1.99. The molecule has 0 aliphatic heterocycles. The molecule has 0 amide bonds. The Morgan fingerprint density at radius 1 is 1.18 bits per heavy atom. The van der Waals surface area contributed by atoms with Gasteiger partial charge in [-0.25, -0.2) is 0 Å². The van der Waals surface area contributed by atoms with Gasteiger partial charge in [-0.2, -0.15) is 0 Å². The third-order valence-corrected chi connectivity index (χ3v) is 2.45. The van der Waals surface area contributed by atoms with Crippen LogP contribution >= 0.6 is 15.9 Å². The van der Waals surface area contributed by atoms with Crippen LogP contribution in [0.4, 0.5) is 0 Å². The second-order valence-electron chi connectivity index (χ2n) is 3.06. The topological polar surface area (TPSA) is 0 Å². The molecule has 2 rings (SSSR count). The largest absolute Gasteiger partial charge is 0.0576 e. The van der Waals surface area contributed by atoms with Crippen molar-refractivity contribution < 1.29 is 0 Å². The first-order valence-corrected chi connectivity index (χ1v) is 4.74. The summed E-state index contributed by atoms with van der Waals surface area (Å²) in [4.78, 5) is 0. The van der Waals surface area contributed by atoms with Gasteiger partial charge in [0.1, 0.15) is 0 Å². The molecule has 0 heterocycles. The summed E-state index contributed by atoms with van der Waals surface area (Å²) in [5, 5.41) is 0. The van der Waals surface area contributed by atoms with Crippen LogP contribution in [-0.2, 0) is 0 Å². The molecule has 1 heteroatoms. The Morgan fingerprint density at radius 3 is 2.36 bits per heavy atom. The van der Waals surface area contributed by atoms with Gasteiger partial charge in [0.15, 0.2) is 0 Å². The van der Waals surface area contributed by atoms with Gasteiger partial charge in [-0.3, -0.25) is 0 Å². The van der Waals surface area contributed by atoms with Gasteiger partial charge in [0.25, 0.3) is 0 Å². The van der Waals surface area contributed by atoms with Crippen molar-refractivity contribution in [3.8, 4) is 0 Å².